The Balaban J connectivity index is 0.000000562. The number of hydrogen-bond donors (Lipinski definition) is 0. The quantitative estimate of drug-likeness (QED) is 0.727. The summed E-state index contributed by atoms with van der Waals surface area (Å²) in [6.07, 6.45) is 15.8. The first-order valence-electron chi connectivity index (χ1n) is 7.16. The molecule has 0 atom stereocenters. The molecule has 2 fully saturated rings. The van der Waals surface area contributed by atoms with E-state index in [0.717, 1.165) is 11.8 Å². The van der Waals surface area contributed by atoms with E-state index in [1.165, 1.54) is 0 Å². The Morgan fingerprint density at radius 3 is 1.57 bits per heavy atom. The molecule has 1 amide bonds. The van der Waals surface area contributed by atoms with Crippen molar-refractivity contribution in [2.45, 2.75) is 46.7 Å². The summed E-state index contributed by atoms with van der Waals surface area (Å²) in [5, 5.41) is 0. The molecule has 3 heteroatoms. The molecule has 0 saturated heterocycles. The predicted molar refractivity (Wildman–Crippen MR) is 83.7 cm³/mol. The summed E-state index contributed by atoms with van der Waals surface area (Å²) in [6, 6.07) is 0.485. The van der Waals surface area contributed by atoms with Crippen molar-refractivity contribution in [1.82, 2.24) is 4.90 Å². The second-order valence-electron chi connectivity index (χ2n) is 5.48. The minimum absolute atomic E-state index is 0. The summed E-state index contributed by atoms with van der Waals surface area (Å²) >= 11 is 0. The minimum Gasteiger partial charge on any atom is -0.337 e. The average Bonchev–Trinajstić information content (AvgIpc) is 3.00. The minimum atomic E-state index is 0. The van der Waals surface area contributed by atoms with Gasteiger partial charge in [-0.3, -0.25) is 4.79 Å². The van der Waals surface area contributed by atoms with Crippen molar-refractivity contribution in [2.24, 2.45) is 0 Å². The Bertz CT molecular complexity index is 271. The zero-order valence-corrected chi connectivity index (χ0v) is 14.6. The van der Waals surface area contributed by atoms with Crippen LogP contribution in [0, 0.1) is 63.2 Å². The monoisotopic (exact) mass is 327 g/mol. The van der Waals surface area contributed by atoms with Crippen LogP contribution in [-0.2, 0) is 21.9 Å². The van der Waals surface area contributed by atoms with Crippen LogP contribution in [0.4, 0.5) is 0 Å². The van der Waals surface area contributed by atoms with Crippen LogP contribution in [0.1, 0.15) is 34.6 Å². The van der Waals surface area contributed by atoms with Crippen molar-refractivity contribution < 1.29 is 21.9 Å². The van der Waals surface area contributed by atoms with Gasteiger partial charge in [0, 0.05) is 29.2 Å². The molecule has 116 valence electrons. The van der Waals surface area contributed by atoms with Gasteiger partial charge < -0.3 is 4.90 Å². The summed E-state index contributed by atoms with van der Waals surface area (Å²) in [6.45, 7) is 10.2. The van der Waals surface area contributed by atoms with Gasteiger partial charge in [0.25, 0.3) is 0 Å². The molecular formula is C18H25FeNO. The van der Waals surface area contributed by atoms with Crippen molar-refractivity contribution >= 4 is 5.91 Å². The predicted octanol–water partition coefficient (Wildman–Crippen LogP) is 3.45. The standard InChI is InChI=1S/C13H20NO.C5H5.Fe/c1-9(2)14(10(3)4)13(15)12-8-6-7-11(12)5;1-2-4-5-3-1;/h6-10H,1-5H3;1-5H;. The molecule has 0 N–H and O–H groups in total. The fourth-order valence-corrected chi connectivity index (χ4v) is 2.27. The van der Waals surface area contributed by atoms with Crippen molar-refractivity contribution in [3.05, 3.63) is 63.2 Å². The molecule has 0 bridgehead atoms. The van der Waals surface area contributed by atoms with Gasteiger partial charge in [0.1, 0.15) is 0 Å². The Morgan fingerprint density at radius 2 is 1.29 bits per heavy atom. The van der Waals surface area contributed by atoms with E-state index in [4.69, 9.17) is 0 Å². The van der Waals surface area contributed by atoms with Gasteiger partial charge in [-0.25, -0.2) is 0 Å². The number of carbonyl (C=O) groups excluding carboxylic acids is 1. The third-order valence-corrected chi connectivity index (χ3v) is 3.17. The van der Waals surface area contributed by atoms with E-state index in [2.05, 4.69) is 27.7 Å². The number of nitrogens with zero attached hydrogens (tertiary/aromatic N) is 1. The molecule has 2 rings (SSSR count). The van der Waals surface area contributed by atoms with Crippen molar-refractivity contribution in [3.8, 4) is 0 Å². The number of hydrogen-bond acceptors (Lipinski definition) is 1. The Morgan fingerprint density at radius 1 is 0.857 bits per heavy atom. The van der Waals surface area contributed by atoms with Crippen LogP contribution in [0.2, 0.25) is 0 Å². The third kappa shape index (κ3) is 6.74. The van der Waals surface area contributed by atoms with Crippen LogP contribution in [-0.4, -0.2) is 22.9 Å². The van der Waals surface area contributed by atoms with E-state index in [1.807, 2.05) is 63.2 Å². The summed E-state index contributed by atoms with van der Waals surface area (Å²) in [4.78, 5) is 14.2. The normalized spacial score (nSPS) is 19.4. The SMILES string of the molecule is C[C]1[CH][CH][CH][C]1C(=O)N(C(C)C)C(C)C.[CH]1[CH][CH][CH][CH]1.[Fe]. The molecule has 0 aromatic carbocycles. The molecule has 2 nitrogen and oxygen atoms in total. The number of amides is 1. The Labute approximate surface area is 142 Å². The summed E-state index contributed by atoms with van der Waals surface area (Å²) in [5.41, 5.74) is 0. The zero-order valence-electron chi connectivity index (χ0n) is 13.5. The van der Waals surface area contributed by atoms with E-state index in [1.54, 1.807) is 0 Å². The van der Waals surface area contributed by atoms with E-state index >= 15 is 0 Å². The van der Waals surface area contributed by atoms with Crippen molar-refractivity contribution in [1.29, 1.82) is 0 Å². The maximum absolute atomic E-state index is 12.2. The smallest absolute Gasteiger partial charge is 0.231 e. The van der Waals surface area contributed by atoms with Gasteiger partial charge in [-0.1, -0.05) is 6.92 Å². The van der Waals surface area contributed by atoms with Gasteiger partial charge in [-0.2, -0.15) is 0 Å². The maximum Gasteiger partial charge on any atom is 0.231 e. The molecule has 0 heterocycles. The van der Waals surface area contributed by atoms with E-state index in [-0.39, 0.29) is 35.1 Å². The summed E-state index contributed by atoms with van der Waals surface area (Å²) in [5.74, 6) is 2.03. The number of rotatable bonds is 3. The molecule has 0 spiro atoms. The van der Waals surface area contributed by atoms with Gasteiger partial charge in [0.15, 0.2) is 0 Å². The zero-order chi connectivity index (χ0) is 15.1. The summed E-state index contributed by atoms with van der Waals surface area (Å²) in [7, 11) is 0. The van der Waals surface area contributed by atoms with Crippen LogP contribution >= 0.6 is 0 Å². The second-order valence-corrected chi connectivity index (χ2v) is 5.48. The van der Waals surface area contributed by atoms with Gasteiger partial charge in [0.05, 0.1) is 5.92 Å². The van der Waals surface area contributed by atoms with Gasteiger partial charge in [-0.15, -0.1) is 0 Å². The summed E-state index contributed by atoms with van der Waals surface area (Å²) < 4.78 is 0. The Kier molecular flexibility index (Phi) is 10.7. The molecular weight excluding hydrogens is 302 g/mol. The first kappa shape index (κ1) is 21.0. The fourth-order valence-electron chi connectivity index (χ4n) is 2.27. The molecule has 10 radical (unpaired) electrons. The molecule has 0 aliphatic heterocycles. The van der Waals surface area contributed by atoms with Crippen LogP contribution in [0.5, 0.6) is 0 Å². The van der Waals surface area contributed by atoms with Crippen molar-refractivity contribution in [2.75, 3.05) is 0 Å². The molecule has 2 aliphatic rings. The van der Waals surface area contributed by atoms with Gasteiger partial charge >= 0.3 is 0 Å². The largest absolute Gasteiger partial charge is 0.337 e. The Hall–Kier alpha value is -0.0105. The van der Waals surface area contributed by atoms with E-state index in [0.29, 0.717) is 0 Å². The van der Waals surface area contributed by atoms with Crippen LogP contribution in [0.25, 0.3) is 0 Å². The van der Waals surface area contributed by atoms with Gasteiger partial charge in [0.2, 0.25) is 5.91 Å². The number of carbonyl (C=O) groups is 1. The first-order valence-corrected chi connectivity index (χ1v) is 7.16. The van der Waals surface area contributed by atoms with Gasteiger partial charge in [-0.05, 0) is 85.0 Å². The van der Waals surface area contributed by atoms with Crippen LogP contribution < -0.4 is 0 Å². The van der Waals surface area contributed by atoms with Crippen LogP contribution in [0.3, 0.4) is 0 Å². The first-order chi connectivity index (χ1) is 9.45. The average molecular weight is 327 g/mol. The molecule has 0 aromatic rings. The second kappa shape index (κ2) is 10.7. The molecule has 0 aromatic heterocycles. The third-order valence-electron chi connectivity index (χ3n) is 3.17. The molecule has 2 aliphatic carbocycles. The van der Waals surface area contributed by atoms with E-state index < -0.39 is 0 Å². The molecule has 2 saturated carbocycles. The topological polar surface area (TPSA) is 20.3 Å². The maximum atomic E-state index is 12.2. The molecule has 0 unspecified atom stereocenters. The van der Waals surface area contributed by atoms with Crippen molar-refractivity contribution in [3.63, 3.8) is 0 Å². The fraction of sp³-hybridized carbons (Fsp3) is 0.389. The molecule has 21 heavy (non-hydrogen) atoms. The van der Waals surface area contributed by atoms with E-state index in [9.17, 15) is 4.79 Å². The van der Waals surface area contributed by atoms with Crippen LogP contribution in [0.15, 0.2) is 0 Å².